The molecule has 1 nitrogen and oxygen atoms in total. The van der Waals surface area contributed by atoms with Crippen LogP contribution in [0.4, 0.5) is 0 Å². The lowest BCUT2D eigenvalue weighted by Gasteiger charge is -2.50. The van der Waals surface area contributed by atoms with Crippen molar-refractivity contribution in [1.29, 1.82) is 0 Å². The molecular weight excluding hydrogens is 142 g/mol. The van der Waals surface area contributed by atoms with Crippen molar-refractivity contribution < 1.29 is 0 Å². The smallest absolute Gasteiger partial charge is 0.00554 e. The van der Waals surface area contributed by atoms with E-state index in [4.69, 9.17) is 0 Å². The maximum absolute atomic E-state index is 2.44. The van der Waals surface area contributed by atoms with Crippen LogP contribution in [-0.4, -0.2) is 36.5 Å². The highest BCUT2D eigenvalue weighted by Crippen LogP contribution is 2.40. The van der Waals surface area contributed by atoms with Crippen molar-refractivity contribution in [2.24, 2.45) is 5.41 Å². The molecule has 0 saturated carbocycles. The molecule has 1 spiro atoms. The number of thioether (sulfide) groups is 1. The van der Waals surface area contributed by atoms with Crippen LogP contribution in [0.2, 0.25) is 0 Å². The number of hydrogen-bond acceptors (Lipinski definition) is 2. The van der Waals surface area contributed by atoms with Gasteiger partial charge in [0.15, 0.2) is 0 Å². The quantitative estimate of drug-likeness (QED) is 0.523. The monoisotopic (exact) mass is 157 g/mol. The summed E-state index contributed by atoms with van der Waals surface area (Å²) in [6, 6.07) is 0. The molecule has 2 aliphatic heterocycles. The second kappa shape index (κ2) is 2.42. The van der Waals surface area contributed by atoms with Crippen LogP contribution in [0.1, 0.15) is 12.8 Å². The highest BCUT2D eigenvalue weighted by Gasteiger charge is 2.41. The molecule has 58 valence electrons. The second-order valence-corrected chi connectivity index (χ2v) is 4.93. The minimum Gasteiger partial charge on any atom is -0.305 e. The van der Waals surface area contributed by atoms with E-state index in [9.17, 15) is 0 Å². The largest absolute Gasteiger partial charge is 0.305 e. The molecule has 0 unspecified atom stereocenters. The van der Waals surface area contributed by atoms with Crippen LogP contribution in [0.3, 0.4) is 0 Å². The van der Waals surface area contributed by atoms with E-state index in [1.54, 1.807) is 0 Å². The van der Waals surface area contributed by atoms with Gasteiger partial charge in [0.1, 0.15) is 0 Å². The molecule has 2 rings (SSSR count). The van der Waals surface area contributed by atoms with E-state index in [2.05, 4.69) is 23.7 Å². The number of hydrogen-bond donors (Lipinski definition) is 0. The number of rotatable bonds is 0. The highest BCUT2D eigenvalue weighted by molar-refractivity contribution is 7.99. The minimum absolute atomic E-state index is 0.762. The molecule has 0 aromatic heterocycles. The second-order valence-electron chi connectivity index (χ2n) is 3.83. The fourth-order valence-electron chi connectivity index (χ4n) is 2.26. The number of likely N-dealkylation sites (tertiary alicyclic amines) is 1. The van der Waals surface area contributed by atoms with E-state index in [-0.39, 0.29) is 0 Å². The third-order valence-corrected chi connectivity index (χ3v) is 4.01. The molecule has 2 fully saturated rings. The molecule has 0 radical (unpaired) electrons. The van der Waals surface area contributed by atoms with Crippen molar-refractivity contribution in [3.8, 4) is 0 Å². The first-order valence-electron chi connectivity index (χ1n) is 4.07. The Bertz CT molecular complexity index is 114. The van der Waals surface area contributed by atoms with Gasteiger partial charge in [-0.1, -0.05) is 0 Å². The molecule has 0 aromatic rings. The average Bonchev–Trinajstić information content (AvgIpc) is 1.87. The van der Waals surface area contributed by atoms with E-state index >= 15 is 0 Å². The van der Waals surface area contributed by atoms with Crippen LogP contribution in [0.25, 0.3) is 0 Å². The molecule has 2 saturated heterocycles. The van der Waals surface area contributed by atoms with Gasteiger partial charge >= 0.3 is 0 Å². The molecule has 2 heteroatoms. The summed E-state index contributed by atoms with van der Waals surface area (Å²) in [4.78, 5) is 2.44. The molecule has 2 aliphatic rings. The highest BCUT2D eigenvalue weighted by atomic mass is 32.2. The van der Waals surface area contributed by atoms with E-state index in [0.29, 0.717) is 0 Å². The lowest BCUT2D eigenvalue weighted by Crippen LogP contribution is -2.56. The zero-order valence-corrected chi connectivity index (χ0v) is 7.41. The van der Waals surface area contributed by atoms with Crippen molar-refractivity contribution in [3.63, 3.8) is 0 Å². The Morgan fingerprint density at radius 2 is 2.20 bits per heavy atom. The Labute approximate surface area is 67.2 Å². The van der Waals surface area contributed by atoms with E-state index in [0.717, 1.165) is 5.41 Å². The summed E-state index contributed by atoms with van der Waals surface area (Å²) >= 11 is 2.15. The van der Waals surface area contributed by atoms with Crippen LogP contribution in [0.15, 0.2) is 0 Å². The van der Waals surface area contributed by atoms with Crippen LogP contribution < -0.4 is 0 Å². The van der Waals surface area contributed by atoms with Crippen LogP contribution in [0.5, 0.6) is 0 Å². The van der Waals surface area contributed by atoms with Crippen molar-refractivity contribution in [1.82, 2.24) is 4.90 Å². The van der Waals surface area contributed by atoms with E-state index < -0.39 is 0 Å². The normalized spacial score (nSPS) is 32.1. The van der Waals surface area contributed by atoms with Crippen LogP contribution in [-0.2, 0) is 0 Å². The van der Waals surface area contributed by atoms with Crippen molar-refractivity contribution in [2.75, 3.05) is 31.6 Å². The Kier molecular flexibility index (Phi) is 1.69. The third-order valence-electron chi connectivity index (χ3n) is 2.61. The van der Waals surface area contributed by atoms with Gasteiger partial charge in [-0.2, -0.15) is 11.8 Å². The minimum atomic E-state index is 0.762. The molecule has 0 bridgehead atoms. The molecule has 2 heterocycles. The molecular formula is C8H15NS. The van der Waals surface area contributed by atoms with Gasteiger partial charge in [-0.3, -0.25) is 0 Å². The summed E-state index contributed by atoms with van der Waals surface area (Å²) < 4.78 is 0. The molecule has 0 aromatic carbocycles. The van der Waals surface area contributed by atoms with Crippen LogP contribution in [0, 0.1) is 5.41 Å². The first-order chi connectivity index (χ1) is 4.81. The molecule has 0 atom stereocenters. The number of nitrogens with zero attached hydrogens (tertiary/aromatic N) is 1. The Hall–Kier alpha value is 0.310. The SMILES string of the molecule is CN1CC2(CCCSC2)C1. The average molecular weight is 157 g/mol. The zero-order chi connectivity index (χ0) is 7.03. The summed E-state index contributed by atoms with van der Waals surface area (Å²) in [5, 5.41) is 0. The van der Waals surface area contributed by atoms with Gasteiger partial charge < -0.3 is 4.90 Å². The van der Waals surface area contributed by atoms with Crippen molar-refractivity contribution >= 4 is 11.8 Å². The Morgan fingerprint density at radius 1 is 1.40 bits per heavy atom. The lowest BCUT2D eigenvalue weighted by molar-refractivity contribution is 0.0334. The molecule has 10 heavy (non-hydrogen) atoms. The Morgan fingerprint density at radius 3 is 2.70 bits per heavy atom. The summed E-state index contributed by atoms with van der Waals surface area (Å²) in [5.74, 6) is 2.84. The van der Waals surface area contributed by atoms with Gasteiger partial charge in [0.2, 0.25) is 0 Å². The summed E-state index contributed by atoms with van der Waals surface area (Å²) in [7, 11) is 2.23. The van der Waals surface area contributed by atoms with Gasteiger partial charge in [-0.05, 0) is 25.6 Å². The summed E-state index contributed by atoms with van der Waals surface area (Å²) in [6.45, 7) is 2.72. The topological polar surface area (TPSA) is 3.24 Å². The molecule has 0 amide bonds. The summed E-state index contributed by atoms with van der Waals surface area (Å²) in [6.07, 6.45) is 2.95. The summed E-state index contributed by atoms with van der Waals surface area (Å²) in [5.41, 5.74) is 0.762. The fourth-order valence-corrected chi connectivity index (χ4v) is 3.51. The van der Waals surface area contributed by atoms with Gasteiger partial charge in [0.25, 0.3) is 0 Å². The van der Waals surface area contributed by atoms with Gasteiger partial charge in [-0.15, -0.1) is 0 Å². The zero-order valence-electron chi connectivity index (χ0n) is 6.60. The van der Waals surface area contributed by atoms with E-state index in [1.807, 2.05) is 0 Å². The Balaban J connectivity index is 1.90. The van der Waals surface area contributed by atoms with Gasteiger partial charge in [0.05, 0.1) is 0 Å². The standard InChI is InChI=1S/C8H15NS/c1-9-5-8(6-9)3-2-4-10-7-8/h2-7H2,1H3. The van der Waals surface area contributed by atoms with Gasteiger partial charge in [-0.25, -0.2) is 0 Å². The van der Waals surface area contributed by atoms with E-state index in [1.165, 1.54) is 37.4 Å². The maximum Gasteiger partial charge on any atom is 0.00554 e. The van der Waals surface area contributed by atoms with Crippen molar-refractivity contribution in [2.45, 2.75) is 12.8 Å². The predicted octanol–water partition coefficient (Wildman–Crippen LogP) is 1.45. The fraction of sp³-hybridized carbons (Fsp3) is 1.00. The third kappa shape index (κ3) is 1.08. The lowest BCUT2D eigenvalue weighted by atomic mass is 9.78. The maximum atomic E-state index is 2.44. The first kappa shape index (κ1) is 6.99. The molecule has 0 aliphatic carbocycles. The van der Waals surface area contributed by atoms with Crippen molar-refractivity contribution in [3.05, 3.63) is 0 Å². The predicted molar refractivity (Wildman–Crippen MR) is 46.5 cm³/mol. The molecule has 0 N–H and O–H groups in total. The van der Waals surface area contributed by atoms with Crippen LogP contribution >= 0.6 is 11.8 Å². The first-order valence-corrected chi connectivity index (χ1v) is 5.23. The van der Waals surface area contributed by atoms with Gasteiger partial charge in [0, 0.05) is 24.3 Å².